The van der Waals surface area contributed by atoms with Crippen LogP contribution in [0, 0.1) is 0 Å². The van der Waals surface area contributed by atoms with Gasteiger partial charge in [-0.2, -0.15) is 0 Å². The predicted octanol–water partition coefficient (Wildman–Crippen LogP) is 2.61. The molecule has 2 aromatic carbocycles. The average Bonchev–Trinajstić information content (AvgIpc) is 2.71. The molecule has 0 spiro atoms. The van der Waals surface area contributed by atoms with E-state index in [-0.39, 0.29) is 17.9 Å². The molecule has 0 heterocycles. The molecule has 0 saturated heterocycles. The largest absolute Gasteiger partial charge is 0.468 e. The lowest BCUT2D eigenvalue weighted by Gasteiger charge is -2.20. The summed E-state index contributed by atoms with van der Waals surface area (Å²) in [4.78, 5) is 36.6. The molecule has 0 bridgehead atoms. The normalized spacial score (nSPS) is 12.0. The molecule has 6 heteroatoms. The van der Waals surface area contributed by atoms with Crippen LogP contribution in [0.5, 0.6) is 0 Å². The fourth-order valence-corrected chi connectivity index (χ4v) is 2.78. The van der Waals surface area contributed by atoms with Crippen molar-refractivity contribution in [3.8, 4) is 0 Å². The minimum Gasteiger partial charge on any atom is -0.468 e. The molecule has 2 amide bonds. The van der Waals surface area contributed by atoms with Gasteiger partial charge >= 0.3 is 5.97 Å². The van der Waals surface area contributed by atoms with Crippen LogP contribution in [-0.4, -0.2) is 37.5 Å². The van der Waals surface area contributed by atoms with E-state index in [2.05, 4.69) is 36.1 Å². The van der Waals surface area contributed by atoms with E-state index in [4.69, 9.17) is 0 Å². The number of methoxy groups -OCH3 is 1. The van der Waals surface area contributed by atoms with Crippen molar-refractivity contribution in [2.24, 2.45) is 0 Å². The van der Waals surface area contributed by atoms with E-state index in [9.17, 15) is 14.4 Å². The minimum atomic E-state index is -0.822. The van der Waals surface area contributed by atoms with Gasteiger partial charge in [0.05, 0.1) is 7.11 Å². The molecule has 6 nitrogen and oxygen atoms in total. The van der Waals surface area contributed by atoms with Gasteiger partial charge in [0.2, 0.25) is 5.91 Å². The van der Waals surface area contributed by atoms with Crippen LogP contribution < -0.4 is 10.6 Å². The fourth-order valence-electron chi connectivity index (χ4n) is 2.78. The number of carbonyl (C=O) groups excluding carboxylic acids is 3. The van der Waals surface area contributed by atoms with Gasteiger partial charge in [-0.3, -0.25) is 14.4 Å². The van der Waals surface area contributed by atoms with Crippen molar-refractivity contribution in [3.05, 3.63) is 71.3 Å². The second kappa shape index (κ2) is 9.87. The molecule has 2 N–H and O–H groups in total. The summed E-state index contributed by atoms with van der Waals surface area (Å²) in [6.45, 7) is 6.05. The van der Waals surface area contributed by atoms with Gasteiger partial charge in [-0.05, 0) is 28.7 Å². The first-order valence-electron chi connectivity index (χ1n) is 9.50. The highest BCUT2D eigenvalue weighted by Crippen LogP contribution is 2.22. The lowest BCUT2D eigenvalue weighted by atomic mass is 9.86. The standard InChI is InChI=1S/C23H28N2O4/c1-23(2,3)18-12-10-17(11-13-18)21(27)25-19(14-16-8-6-5-7-9-16)22(28)24-15-20(26)29-4/h5-13,19H,14-15H2,1-4H3,(H,24,28)(H,25,27). The van der Waals surface area contributed by atoms with E-state index >= 15 is 0 Å². The summed E-state index contributed by atoms with van der Waals surface area (Å²) in [5.41, 5.74) is 2.47. The molecular formula is C23H28N2O4. The number of nitrogens with one attached hydrogen (secondary N) is 2. The third-order valence-corrected chi connectivity index (χ3v) is 4.55. The highest BCUT2D eigenvalue weighted by Gasteiger charge is 2.23. The lowest BCUT2D eigenvalue weighted by Crippen LogP contribution is -2.49. The van der Waals surface area contributed by atoms with Crippen LogP contribution in [0.4, 0.5) is 0 Å². The topological polar surface area (TPSA) is 84.5 Å². The Hall–Kier alpha value is -3.15. The van der Waals surface area contributed by atoms with Gasteiger partial charge in [0, 0.05) is 12.0 Å². The van der Waals surface area contributed by atoms with Gasteiger partial charge in [0.15, 0.2) is 0 Å². The summed E-state index contributed by atoms with van der Waals surface area (Å²) >= 11 is 0. The molecule has 1 atom stereocenters. The molecule has 0 fully saturated rings. The van der Waals surface area contributed by atoms with E-state index in [0.29, 0.717) is 12.0 Å². The summed E-state index contributed by atoms with van der Waals surface area (Å²) < 4.78 is 4.55. The zero-order chi connectivity index (χ0) is 21.4. The van der Waals surface area contributed by atoms with Crippen LogP contribution >= 0.6 is 0 Å². The van der Waals surface area contributed by atoms with Gasteiger partial charge in [-0.1, -0.05) is 63.2 Å². The third-order valence-electron chi connectivity index (χ3n) is 4.55. The highest BCUT2D eigenvalue weighted by atomic mass is 16.5. The Morgan fingerprint density at radius 3 is 2.14 bits per heavy atom. The number of rotatable bonds is 7. The number of amides is 2. The predicted molar refractivity (Wildman–Crippen MR) is 112 cm³/mol. The van der Waals surface area contributed by atoms with Crippen molar-refractivity contribution in [2.45, 2.75) is 38.6 Å². The molecule has 0 saturated carbocycles. The van der Waals surface area contributed by atoms with E-state index in [1.54, 1.807) is 12.1 Å². The Bertz CT molecular complexity index is 839. The average molecular weight is 396 g/mol. The molecule has 2 rings (SSSR count). The smallest absolute Gasteiger partial charge is 0.325 e. The van der Waals surface area contributed by atoms with Crippen LogP contribution in [-0.2, 0) is 26.2 Å². The number of hydrogen-bond donors (Lipinski definition) is 2. The Kier molecular flexibility index (Phi) is 7.53. The molecule has 0 aliphatic carbocycles. The second-order valence-electron chi connectivity index (χ2n) is 7.84. The van der Waals surface area contributed by atoms with E-state index < -0.39 is 17.9 Å². The van der Waals surface area contributed by atoms with Crippen molar-refractivity contribution < 1.29 is 19.1 Å². The first-order valence-corrected chi connectivity index (χ1v) is 9.50. The molecule has 2 aromatic rings. The van der Waals surface area contributed by atoms with E-state index in [1.165, 1.54) is 7.11 Å². The number of carbonyl (C=O) groups is 3. The van der Waals surface area contributed by atoms with Crippen LogP contribution in [0.2, 0.25) is 0 Å². The SMILES string of the molecule is COC(=O)CNC(=O)C(Cc1ccccc1)NC(=O)c1ccc(C(C)(C)C)cc1. The Morgan fingerprint density at radius 1 is 0.966 bits per heavy atom. The van der Waals surface area contributed by atoms with Gasteiger partial charge in [0.1, 0.15) is 12.6 Å². The zero-order valence-electron chi connectivity index (χ0n) is 17.3. The van der Waals surface area contributed by atoms with Gasteiger partial charge < -0.3 is 15.4 Å². The number of benzene rings is 2. The van der Waals surface area contributed by atoms with Crippen molar-refractivity contribution in [3.63, 3.8) is 0 Å². The maximum absolute atomic E-state index is 12.7. The van der Waals surface area contributed by atoms with Crippen molar-refractivity contribution in [1.82, 2.24) is 10.6 Å². The summed E-state index contributed by atoms with van der Waals surface area (Å²) in [7, 11) is 1.25. The second-order valence-corrected chi connectivity index (χ2v) is 7.84. The van der Waals surface area contributed by atoms with Crippen LogP contribution in [0.3, 0.4) is 0 Å². The minimum absolute atomic E-state index is 0.0153. The lowest BCUT2D eigenvalue weighted by molar-refractivity contribution is -0.141. The van der Waals surface area contributed by atoms with Crippen molar-refractivity contribution >= 4 is 17.8 Å². The third kappa shape index (κ3) is 6.75. The molecule has 0 aliphatic rings. The summed E-state index contributed by atoms with van der Waals surface area (Å²) in [5.74, 6) is -1.35. The number of hydrogen-bond acceptors (Lipinski definition) is 4. The molecule has 0 radical (unpaired) electrons. The summed E-state index contributed by atoms with van der Waals surface area (Å²) in [5, 5.41) is 5.29. The quantitative estimate of drug-likeness (QED) is 0.705. The van der Waals surface area contributed by atoms with Crippen molar-refractivity contribution in [1.29, 1.82) is 0 Å². The molecule has 0 aromatic heterocycles. The Morgan fingerprint density at radius 2 is 1.59 bits per heavy atom. The Balaban J connectivity index is 2.13. The van der Waals surface area contributed by atoms with E-state index in [1.807, 2.05) is 42.5 Å². The summed E-state index contributed by atoms with van der Waals surface area (Å²) in [6.07, 6.45) is 0.305. The first kappa shape index (κ1) is 22.1. The number of esters is 1. The molecule has 1 unspecified atom stereocenters. The molecule has 29 heavy (non-hydrogen) atoms. The van der Waals surface area contributed by atoms with Gasteiger partial charge in [-0.25, -0.2) is 0 Å². The Labute approximate surface area is 171 Å². The molecule has 154 valence electrons. The van der Waals surface area contributed by atoms with Gasteiger partial charge in [0.25, 0.3) is 5.91 Å². The molecule has 0 aliphatic heterocycles. The zero-order valence-corrected chi connectivity index (χ0v) is 17.3. The maximum atomic E-state index is 12.7. The monoisotopic (exact) mass is 396 g/mol. The van der Waals surface area contributed by atoms with E-state index in [0.717, 1.165) is 11.1 Å². The maximum Gasteiger partial charge on any atom is 0.325 e. The van der Waals surface area contributed by atoms with Gasteiger partial charge in [-0.15, -0.1) is 0 Å². The van der Waals surface area contributed by atoms with Crippen LogP contribution in [0.25, 0.3) is 0 Å². The first-order chi connectivity index (χ1) is 13.7. The molecular weight excluding hydrogens is 368 g/mol. The fraction of sp³-hybridized carbons (Fsp3) is 0.348. The van der Waals surface area contributed by atoms with Crippen molar-refractivity contribution in [2.75, 3.05) is 13.7 Å². The number of ether oxygens (including phenoxy) is 1. The van der Waals surface area contributed by atoms with Crippen LogP contribution in [0.15, 0.2) is 54.6 Å². The van der Waals surface area contributed by atoms with Crippen LogP contribution in [0.1, 0.15) is 42.3 Å². The highest BCUT2D eigenvalue weighted by molar-refractivity contribution is 5.98. The summed E-state index contributed by atoms with van der Waals surface area (Å²) in [6, 6.07) is 15.9.